The maximum atomic E-state index is 9.75. The molecule has 0 atom stereocenters. The summed E-state index contributed by atoms with van der Waals surface area (Å²) in [7, 11) is 0. The van der Waals surface area contributed by atoms with E-state index in [1.807, 2.05) is 48.5 Å². The second kappa shape index (κ2) is 8.88. The van der Waals surface area contributed by atoms with Gasteiger partial charge >= 0.3 is 0 Å². The molecule has 0 spiro atoms. The zero-order chi connectivity index (χ0) is 20.1. The lowest BCUT2D eigenvalue weighted by Gasteiger charge is -2.14. The summed E-state index contributed by atoms with van der Waals surface area (Å²) < 4.78 is 1.75. The Bertz CT molecular complexity index is 1030. The van der Waals surface area contributed by atoms with E-state index >= 15 is 0 Å². The van der Waals surface area contributed by atoms with Crippen molar-refractivity contribution in [2.45, 2.75) is 32.8 Å². The van der Waals surface area contributed by atoms with Gasteiger partial charge in [0, 0.05) is 11.3 Å². The van der Waals surface area contributed by atoms with Crippen LogP contribution in [0.4, 0.5) is 0 Å². The average Bonchev–Trinajstić information content (AvgIpc) is 3.06. The van der Waals surface area contributed by atoms with E-state index in [-0.39, 0.29) is 12.4 Å². The van der Waals surface area contributed by atoms with E-state index in [9.17, 15) is 10.4 Å². The van der Waals surface area contributed by atoms with Crippen LogP contribution in [0.15, 0.2) is 54.6 Å². The van der Waals surface area contributed by atoms with Crippen LogP contribution in [0, 0.1) is 16.7 Å². The molecule has 0 bridgehead atoms. The van der Waals surface area contributed by atoms with Crippen LogP contribution >= 0.6 is 11.6 Å². The minimum absolute atomic E-state index is 0.221. The molecule has 5 heteroatoms. The summed E-state index contributed by atoms with van der Waals surface area (Å²) in [6, 6.07) is 19.1. The molecule has 3 aromatic rings. The Balaban J connectivity index is 1.97. The molecule has 2 N–H and O–H groups in total. The van der Waals surface area contributed by atoms with Gasteiger partial charge in [-0.3, -0.25) is 9.98 Å². The minimum atomic E-state index is -0.221. The number of aliphatic hydroxyl groups is 1. The number of benzene rings is 2. The van der Waals surface area contributed by atoms with E-state index in [0.717, 1.165) is 41.6 Å². The van der Waals surface area contributed by atoms with Gasteiger partial charge in [-0.2, -0.15) is 5.26 Å². The van der Waals surface area contributed by atoms with Gasteiger partial charge in [-0.25, -0.2) is 0 Å². The van der Waals surface area contributed by atoms with Gasteiger partial charge in [-0.1, -0.05) is 67.4 Å². The lowest BCUT2D eigenvalue weighted by molar-refractivity contribution is 0.275. The Morgan fingerprint density at radius 1 is 1.18 bits per heavy atom. The van der Waals surface area contributed by atoms with Crippen molar-refractivity contribution in [1.82, 2.24) is 4.57 Å². The fourth-order valence-corrected chi connectivity index (χ4v) is 3.58. The van der Waals surface area contributed by atoms with Crippen molar-refractivity contribution in [1.29, 1.82) is 10.7 Å². The van der Waals surface area contributed by atoms with E-state index in [0.29, 0.717) is 16.3 Å². The normalized spacial score (nSPS) is 10.6. The Morgan fingerprint density at radius 2 is 1.89 bits per heavy atom. The van der Waals surface area contributed by atoms with Gasteiger partial charge in [0.25, 0.3) is 0 Å². The summed E-state index contributed by atoms with van der Waals surface area (Å²) >= 11 is 6.29. The van der Waals surface area contributed by atoms with Crippen molar-refractivity contribution in [3.8, 4) is 17.2 Å². The maximum absolute atomic E-state index is 9.75. The lowest BCUT2D eigenvalue weighted by Crippen LogP contribution is -2.18. The van der Waals surface area contributed by atoms with Crippen molar-refractivity contribution >= 4 is 17.4 Å². The van der Waals surface area contributed by atoms with Gasteiger partial charge in [0.1, 0.15) is 5.84 Å². The van der Waals surface area contributed by atoms with Crippen molar-refractivity contribution in [3.05, 3.63) is 82.1 Å². The Morgan fingerprint density at radius 3 is 2.54 bits per heavy atom. The number of halogens is 1. The summed E-state index contributed by atoms with van der Waals surface area (Å²) in [4.78, 5) is 0. The topological polar surface area (TPSA) is 72.8 Å². The molecule has 0 unspecified atom stereocenters. The number of aryl methyl sites for hydroxylation is 1. The zero-order valence-corrected chi connectivity index (χ0v) is 16.5. The highest BCUT2D eigenvalue weighted by Crippen LogP contribution is 2.26. The smallest absolute Gasteiger partial charge is 0.136 e. The number of rotatable bonds is 6. The predicted molar refractivity (Wildman–Crippen MR) is 113 cm³/mol. The lowest BCUT2D eigenvalue weighted by atomic mass is 9.99. The molecular weight excluding hydrogens is 370 g/mol. The minimum Gasteiger partial charge on any atom is -0.390 e. The standard InChI is InChI=1S/C23H22ClN3O/c1-2-3-7-19-13-21(24)22(15-28)27(19)23(26)17-11-9-16(10-12-17)20-8-5-4-6-18(20)14-25/h4-6,8-13,26,28H,2-3,7,15H2,1H3. The van der Waals surface area contributed by atoms with Crippen LogP contribution in [-0.4, -0.2) is 15.5 Å². The van der Waals surface area contributed by atoms with Crippen LogP contribution in [0.2, 0.25) is 5.02 Å². The average molecular weight is 392 g/mol. The van der Waals surface area contributed by atoms with Gasteiger partial charge in [-0.05, 0) is 36.1 Å². The first-order valence-corrected chi connectivity index (χ1v) is 9.67. The van der Waals surface area contributed by atoms with E-state index < -0.39 is 0 Å². The SMILES string of the molecule is CCCCc1cc(Cl)c(CO)n1C(=N)c1ccc(-c2ccccc2C#N)cc1. The number of nitriles is 1. The van der Waals surface area contributed by atoms with Crippen LogP contribution in [-0.2, 0) is 13.0 Å². The highest BCUT2D eigenvalue weighted by molar-refractivity contribution is 6.31. The first kappa shape index (κ1) is 19.9. The molecule has 0 radical (unpaired) electrons. The van der Waals surface area contributed by atoms with Crippen molar-refractivity contribution in [3.63, 3.8) is 0 Å². The van der Waals surface area contributed by atoms with Crippen LogP contribution in [0.3, 0.4) is 0 Å². The Kier molecular flexibility index (Phi) is 6.30. The summed E-state index contributed by atoms with van der Waals surface area (Å²) in [6.07, 6.45) is 2.83. The molecule has 2 aromatic carbocycles. The highest BCUT2D eigenvalue weighted by atomic mass is 35.5. The number of nitrogens with zero attached hydrogens (tertiary/aromatic N) is 2. The van der Waals surface area contributed by atoms with Crippen molar-refractivity contribution in [2.24, 2.45) is 0 Å². The predicted octanol–water partition coefficient (Wildman–Crippen LogP) is 5.39. The van der Waals surface area contributed by atoms with E-state index in [4.69, 9.17) is 17.0 Å². The summed E-state index contributed by atoms with van der Waals surface area (Å²) in [5.74, 6) is 0.280. The highest BCUT2D eigenvalue weighted by Gasteiger charge is 2.17. The van der Waals surface area contributed by atoms with Gasteiger partial charge in [0.05, 0.1) is 29.0 Å². The molecule has 1 heterocycles. The fourth-order valence-electron chi connectivity index (χ4n) is 3.31. The molecule has 0 saturated heterocycles. The molecule has 1 aromatic heterocycles. The van der Waals surface area contributed by atoms with Crippen LogP contribution < -0.4 is 0 Å². The molecule has 4 nitrogen and oxygen atoms in total. The van der Waals surface area contributed by atoms with Crippen LogP contribution in [0.1, 0.15) is 42.3 Å². The molecule has 142 valence electrons. The van der Waals surface area contributed by atoms with E-state index in [1.165, 1.54) is 0 Å². The summed E-state index contributed by atoms with van der Waals surface area (Å²) in [5, 5.41) is 28.2. The van der Waals surface area contributed by atoms with Gasteiger partial charge in [0.2, 0.25) is 0 Å². The molecular formula is C23H22ClN3O. The Labute approximate surface area is 170 Å². The fraction of sp³-hybridized carbons (Fsp3) is 0.217. The first-order valence-electron chi connectivity index (χ1n) is 9.29. The second-order valence-electron chi connectivity index (χ2n) is 6.61. The molecule has 0 fully saturated rings. The number of hydrogen-bond acceptors (Lipinski definition) is 3. The molecule has 0 aliphatic carbocycles. The monoisotopic (exact) mass is 391 g/mol. The van der Waals surface area contributed by atoms with E-state index in [2.05, 4.69) is 13.0 Å². The van der Waals surface area contributed by atoms with Gasteiger partial charge < -0.3 is 5.11 Å². The van der Waals surface area contributed by atoms with Crippen molar-refractivity contribution in [2.75, 3.05) is 0 Å². The largest absolute Gasteiger partial charge is 0.390 e. The van der Waals surface area contributed by atoms with Crippen LogP contribution in [0.5, 0.6) is 0 Å². The van der Waals surface area contributed by atoms with Gasteiger partial charge in [0.15, 0.2) is 0 Å². The molecule has 0 aliphatic rings. The molecule has 0 saturated carbocycles. The zero-order valence-electron chi connectivity index (χ0n) is 15.7. The number of aliphatic hydroxyl groups excluding tert-OH is 1. The molecule has 0 amide bonds. The quantitative estimate of drug-likeness (QED) is 0.436. The third kappa shape index (κ3) is 3.87. The first-order chi connectivity index (χ1) is 13.6. The number of hydrogen-bond donors (Lipinski definition) is 2. The Hall–Kier alpha value is -2.87. The van der Waals surface area contributed by atoms with Crippen molar-refractivity contribution < 1.29 is 5.11 Å². The molecule has 3 rings (SSSR count). The summed E-state index contributed by atoms with van der Waals surface area (Å²) in [6.45, 7) is 1.89. The number of aromatic nitrogens is 1. The molecule has 28 heavy (non-hydrogen) atoms. The second-order valence-corrected chi connectivity index (χ2v) is 7.02. The third-order valence-electron chi connectivity index (χ3n) is 4.80. The summed E-state index contributed by atoms with van der Waals surface area (Å²) in [5.41, 5.74) is 4.60. The maximum Gasteiger partial charge on any atom is 0.136 e. The van der Waals surface area contributed by atoms with Gasteiger partial charge in [-0.15, -0.1) is 0 Å². The molecule has 0 aliphatic heterocycles. The van der Waals surface area contributed by atoms with E-state index in [1.54, 1.807) is 10.6 Å². The number of unbranched alkanes of at least 4 members (excludes halogenated alkanes) is 1. The third-order valence-corrected chi connectivity index (χ3v) is 5.13. The number of nitrogens with one attached hydrogen (secondary N) is 1. The van der Waals surface area contributed by atoms with Crippen LogP contribution in [0.25, 0.3) is 11.1 Å².